The fourth-order valence-electron chi connectivity index (χ4n) is 3.67. The normalized spacial score (nSPS) is 14.3. The Kier molecular flexibility index (Phi) is 18.5. The molecular formula is C27H47NO12. The van der Waals surface area contributed by atoms with Crippen molar-refractivity contribution in [1.29, 1.82) is 0 Å². The molecule has 4 unspecified atom stereocenters. The maximum absolute atomic E-state index is 13.5. The maximum atomic E-state index is 13.5. The number of nitrogens with one attached hydrogen (secondary N) is 1. The van der Waals surface area contributed by atoms with Gasteiger partial charge in [0.25, 0.3) is 5.91 Å². The number of aliphatic hydroxyl groups excluding tert-OH is 8. The van der Waals surface area contributed by atoms with Crippen LogP contribution in [0.15, 0.2) is 6.07 Å². The highest BCUT2D eigenvalue weighted by atomic mass is 16.5. The van der Waals surface area contributed by atoms with Gasteiger partial charge in [0.05, 0.1) is 32.5 Å². The molecule has 0 aliphatic heterocycles. The molecule has 0 saturated heterocycles. The van der Waals surface area contributed by atoms with Crippen molar-refractivity contribution in [3.05, 3.63) is 17.2 Å². The molecule has 1 rings (SSSR count). The van der Waals surface area contributed by atoms with Crippen LogP contribution in [0.25, 0.3) is 0 Å². The van der Waals surface area contributed by atoms with E-state index in [0.717, 1.165) is 32.1 Å². The second-order valence-corrected chi connectivity index (χ2v) is 9.56. The third-order valence-electron chi connectivity index (χ3n) is 5.92. The van der Waals surface area contributed by atoms with E-state index in [-0.39, 0.29) is 41.4 Å². The minimum absolute atomic E-state index is 0.0329. The number of rotatable bonds is 23. The Morgan fingerprint density at radius 2 is 1.23 bits per heavy atom. The summed E-state index contributed by atoms with van der Waals surface area (Å²) in [5.41, 5.74) is -0.0620. The molecule has 0 fully saturated rings. The number of unbranched alkanes of at least 4 members (excludes halogenated alkanes) is 5. The SMILES string of the molecule is CCCCCCCCNC(=O)c1c(OCC(O)CO)cc(OCC(O)CO)c(CC(O)CO)c1OCC(O)CO. The monoisotopic (exact) mass is 577 g/mol. The van der Waals surface area contributed by atoms with Crippen LogP contribution in [0.1, 0.15) is 61.4 Å². The van der Waals surface area contributed by atoms with Crippen molar-refractivity contribution in [3.63, 3.8) is 0 Å². The third-order valence-corrected chi connectivity index (χ3v) is 5.92. The largest absolute Gasteiger partial charge is 0.490 e. The van der Waals surface area contributed by atoms with E-state index in [1.807, 2.05) is 0 Å². The first-order chi connectivity index (χ1) is 19.2. The molecule has 13 heteroatoms. The molecule has 40 heavy (non-hydrogen) atoms. The minimum atomic E-state index is -1.32. The van der Waals surface area contributed by atoms with Crippen LogP contribution in [0.4, 0.5) is 0 Å². The lowest BCUT2D eigenvalue weighted by Gasteiger charge is -2.24. The Bertz CT molecular complexity index is 840. The Balaban J connectivity index is 3.54. The second-order valence-electron chi connectivity index (χ2n) is 9.56. The van der Waals surface area contributed by atoms with E-state index in [1.165, 1.54) is 6.07 Å². The molecule has 0 aliphatic rings. The summed E-state index contributed by atoms with van der Waals surface area (Å²) in [7, 11) is 0. The van der Waals surface area contributed by atoms with E-state index in [0.29, 0.717) is 13.0 Å². The van der Waals surface area contributed by atoms with Gasteiger partial charge in [-0.05, 0) is 6.42 Å². The highest BCUT2D eigenvalue weighted by Crippen LogP contribution is 2.41. The van der Waals surface area contributed by atoms with Gasteiger partial charge in [-0.2, -0.15) is 0 Å². The summed E-state index contributed by atoms with van der Waals surface area (Å²) in [6.07, 6.45) is 0.549. The quantitative estimate of drug-likeness (QED) is 0.0706. The van der Waals surface area contributed by atoms with Gasteiger partial charge in [0.15, 0.2) is 0 Å². The van der Waals surface area contributed by atoms with Gasteiger partial charge in [-0.25, -0.2) is 0 Å². The van der Waals surface area contributed by atoms with Crippen LogP contribution < -0.4 is 19.5 Å². The van der Waals surface area contributed by atoms with Crippen molar-refractivity contribution in [1.82, 2.24) is 5.32 Å². The number of carbonyl (C=O) groups is 1. The molecule has 232 valence electrons. The van der Waals surface area contributed by atoms with E-state index >= 15 is 0 Å². The summed E-state index contributed by atoms with van der Waals surface area (Å²) < 4.78 is 17.1. The van der Waals surface area contributed by atoms with Crippen molar-refractivity contribution in [3.8, 4) is 17.2 Å². The molecule has 0 aromatic heterocycles. The summed E-state index contributed by atoms with van der Waals surface area (Å²) in [6, 6.07) is 1.28. The average Bonchev–Trinajstić information content (AvgIpc) is 2.96. The van der Waals surface area contributed by atoms with Gasteiger partial charge in [-0.1, -0.05) is 39.0 Å². The van der Waals surface area contributed by atoms with Crippen LogP contribution in [-0.4, -0.2) is 124 Å². The van der Waals surface area contributed by atoms with Crippen molar-refractivity contribution >= 4 is 5.91 Å². The molecule has 0 radical (unpaired) electrons. The smallest absolute Gasteiger partial charge is 0.258 e. The number of ether oxygens (including phenoxy) is 3. The molecule has 0 bridgehead atoms. The lowest BCUT2D eigenvalue weighted by Crippen LogP contribution is -2.30. The maximum Gasteiger partial charge on any atom is 0.258 e. The topological polar surface area (TPSA) is 219 Å². The first-order valence-electron chi connectivity index (χ1n) is 13.7. The Morgan fingerprint density at radius 3 is 1.77 bits per heavy atom. The van der Waals surface area contributed by atoms with Gasteiger partial charge >= 0.3 is 0 Å². The lowest BCUT2D eigenvalue weighted by atomic mass is 9.99. The zero-order valence-corrected chi connectivity index (χ0v) is 23.2. The summed E-state index contributed by atoms with van der Waals surface area (Å²) in [5, 5.41) is 79.8. The highest BCUT2D eigenvalue weighted by molar-refractivity contribution is 6.00. The summed E-state index contributed by atoms with van der Waals surface area (Å²) >= 11 is 0. The molecule has 1 aromatic rings. The Hall–Kier alpha value is -2.23. The standard InChI is InChI=1S/C27H47NO12/c1-2-3-4-5-6-7-8-28-27(37)25-24(39-16-20(35)13-31)10-23(38-15-19(34)12-30)22(9-18(33)11-29)26(25)40-17-21(36)14-32/h10,18-21,29-36H,2-9,11-17H2,1H3,(H,28,37). The Morgan fingerprint density at radius 1 is 0.725 bits per heavy atom. The fraction of sp³-hybridized carbons (Fsp3) is 0.741. The van der Waals surface area contributed by atoms with Crippen molar-refractivity contribution < 1.29 is 59.9 Å². The van der Waals surface area contributed by atoms with Crippen molar-refractivity contribution in [2.45, 2.75) is 76.3 Å². The predicted molar refractivity (Wildman–Crippen MR) is 145 cm³/mol. The molecule has 0 heterocycles. The summed E-state index contributed by atoms with van der Waals surface area (Å²) in [6.45, 7) is -1.31. The van der Waals surface area contributed by atoms with Crippen LogP contribution in [0.3, 0.4) is 0 Å². The third kappa shape index (κ3) is 13.0. The van der Waals surface area contributed by atoms with Gasteiger partial charge in [0.2, 0.25) is 0 Å². The summed E-state index contributed by atoms with van der Waals surface area (Å²) in [4.78, 5) is 13.5. The molecular weight excluding hydrogens is 530 g/mol. The molecule has 0 spiro atoms. The number of hydrogen-bond donors (Lipinski definition) is 9. The van der Waals surface area contributed by atoms with Crippen LogP contribution in [-0.2, 0) is 6.42 Å². The van der Waals surface area contributed by atoms with E-state index in [2.05, 4.69) is 12.2 Å². The van der Waals surface area contributed by atoms with Gasteiger partial charge in [-0.3, -0.25) is 4.79 Å². The molecule has 9 N–H and O–H groups in total. The highest BCUT2D eigenvalue weighted by Gasteiger charge is 2.29. The molecule has 1 aromatic carbocycles. The molecule has 0 aliphatic carbocycles. The molecule has 1 amide bonds. The van der Waals surface area contributed by atoms with Crippen LogP contribution in [0.5, 0.6) is 17.2 Å². The van der Waals surface area contributed by atoms with Gasteiger partial charge in [0, 0.05) is 24.6 Å². The van der Waals surface area contributed by atoms with E-state index < -0.39 is 70.0 Å². The van der Waals surface area contributed by atoms with E-state index in [1.54, 1.807) is 0 Å². The first kappa shape index (κ1) is 35.8. The lowest BCUT2D eigenvalue weighted by molar-refractivity contribution is 0.0464. The van der Waals surface area contributed by atoms with Crippen LogP contribution in [0, 0.1) is 0 Å². The minimum Gasteiger partial charge on any atom is -0.490 e. The van der Waals surface area contributed by atoms with E-state index in [4.69, 9.17) is 14.2 Å². The first-order valence-corrected chi connectivity index (χ1v) is 13.7. The van der Waals surface area contributed by atoms with Gasteiger partial charge < -0.3 is 60.4 Å². The zero-order chi connectivity index (χ0) is 29.9. The predicted octanol–water partition coefficient (Wildman–Crippen LogP) is -1.13. The number of aliphatic hydroxyl groups is 8. The zero-order valence-electron chi connectivity index (χ0n) is 23.2. The fourth-order valence-corrected chi connectivity index (χ4v) is 3.67. The number of benzene rings is 1. The number of amides is 1. The second kappa shape index (κ2) is 20.6. The molecule has 13 nitrogen and oxygen atoms in total. The van der Waals surface area contributed by atoms with Crippen molar-refractivity contribution in [2.75, 3.05) is 52.8 Å². The summed E-state index contributed by atoms with van der Waals surface area (Å²) in [5.74, 6) is -0.964. The molecule has 0 saturated carbocycles. The van der Waals surface area contributed by atoms with Crippen LogP contribution in [0.2, 0.25) is 0 Å². The average molecular weight is 578 g/mol. The molecule has 4 atom stereocenters. The number of carbonyl (C=O) groups excluding carboxylic acids is 1. The van der Waals surface area contributed by atoms with Crippen molar-refractivity contribution in [2.24, 2.45) is 0 Å². The van der Waals surface area contributed by atoms with E-state index in [9.17, 15) is 45.6 Å². The van der Waals surface area contributed by atoms with Gasteiger partial charge in [-0.15, -0.1) is 0 Å². The Labute approximate surface area is 235 Å². The van der Waals surface area contributed by atoms with Gasteiger partial charge in [0.1, 0.15) is 60.9 Å². The number of hydrogen-bond acceptors (Lipinski definition) is 12. The van der Waals surface area contributed by atoms with Crippen LogP contribution >= 0.6 is 0 Å².